The van der Waals surface area contributed by atoms with Gasteiger partial charge in [0.2, 0.25) is 0 Å². The van der Waals surface area contributed by atoms with Crippen molar-refractivity contribution in [2.45, 2.75) is 50.7 Å². The van der Waals surface area contributed by atoms with Crippen molar-refractivity contribution in [3.63, 3.8) is 0 Å². The molecule has 5 nitrogen and oxygen atoms in total. The van der Waals surface area contributed by atoms with E-state index >= 15 is 0 Å². The molecule has 104 valence electrons. The second-order valence-corrected chi connectivity index (χ2v) is 5.68. The van der Waals surface area contributed by atoms with Crippen molar-refractivity contribution in [3.8, 4) is 0 Å². The number of aliphatic hydroxyl groups is 1. The Kier molecular flexibility index (Phi) is 4.45. The van der Waals surface area contributed by atoms with E-state index in [0.717, 1.165) is 6.42 Å². The Morgan fingerprint density at radius 1 is 1.39 bits per heavy atom. The first-order valence-electron chi connectivity index (χ1n) is 6.94. The van der Waals surface area contributed by atoms with Crippen molar-refractivity contribution in [1.29, 1.82) is 0 Å². The molecule has 3 N–H and O–H groups in total. The maximum atomic E-state index is 11.8. The Bertz CT molecular complexity index is 290. The van der Waals surface area contributed by atoms with E-state index in [1.54, 1.807) is 0 Å². The quantitative estimate of drug-likeness (QED) is 0.706. The molecule has 2 unspecified atom stereocenters. The minimum Gasteiger partial charge on any atom is -0.388 e. The molecule has 2 amide bonds. The van der Waals surface area contributed by atoms with Crippen molar-refractivity contribution >= 4 is 6.03 Å². The van der Waals surface area contributed by atoms with Gasteiger partial charge in [0.1, 0.15) is 0 Å². The van der Waals surface area contributed by atoms with Crippen LogP contribution >= 0.6 is 0 Å². The average Bonchev–Trinajstić information content (AvgIpc) is 2.74. The normalized spacial score (nSPS) is 31.0. The van der Waals surface area contributed by atoms with E-state index < -0.39 is 5.60 Å². The maximum absolute atomic E-state index is 11.8. The molecule has 2 atom stereocenters. The SMILES string of the molecule is CC1CCCC1NC(=O)NCC1(O)CCOCC1. The molecule has 1 aliphatic heterocycles. The molecule has 2 rings (SSSR count). The van der Waals surface area contributed by atoms with Gasteiger partial charge < -0.3 is 20.5 Å². The zero-order valence-corrected chi connectivity index (χ0v) is 11.1. The summed E-state index contributed by atoms with van der Waals surface area (Å²) in [5.74, 6) is 0.557. The van der Waals surface area contributed by atoms with E-state index in [4.69, 9.17) is 4.74 Å². The van der Waals surface area contributed by atoms with E-state index in [0.29, 0.717) is 38.5 Å². The third kappa shape index (κ3) is 3.59. The Morgan fingerprint density at radius 2 is 2.11 bits per heavy atom. The zero-order valence-electron chi connectivity index (χ0n) is 11.1. The minimum atomic E-state index is -0.795. The zero-order chi connectivity index (χ0) is 13.0. The van der Waals surface area contributed by atoms with Gasteiger partial charge in [-0.25, -0.2) is 4.79 Å². The molecule has 0 radical (unpaired) electrons. The molecule has 1 saturated heterocycles. The van der Waals surface area contributed by atoms with Crippen LogP contribution in [0.4, 0.5) is 4.79 Å². The van der Waals surface area contributed by atoms with Crippen molar-refractivity contribution in [2.75, 3.05) is 19.8 Å². The fraction of sp³-hybridized carbons (Fsp3) is 0.923. The molecule has 2 fully saturated rings. The minimum absolute atomic E-state index is 0.159. The lowest BCUT2D eigenvalue weighted by Gasteiger charge is -2.32. The summed E-state index contributed by atoms with van der Waals surface area (Å²) in [6.45, 7) is 3.62. The number of ether oxygens (including phenoxy) is 1. The Labute approximate surface area is 108 Å². The van der Waals surface area contributed by atoms with Crippen LogP contribution in [-0.2, 0) is 4.74 Å². The first-order valence-corrected chi connectivity index (χ1v) is 6.94. The molecule has 0 aromatic heterocycles. The number of hydrogen-bond acceptors (Lipinski definition) is 3. The third-order valence-electron chi connectivity index (χ3n) is 4.18. The summed E-state index contributed by atoms with van der Waals surface area (Å²) in [7, 11) is 0. The van der Waals surface area contributed by atoms with Crippen LogP contribution in [0.2, 0.25) is 0 Å². The van der Waals surface area contributed by atoms with E-state index in [1.165, 1.54) is 12.8 Å². The molecule has 1 heterocycles. The van der Waals surface area contributed by atoms with Crippen LogP contribution in [0.3, 0.4) is 0 Å². The fourth-order valence-corrected chi connectivity index (χ4v) is 2.75. The van der Waals surface area contributed by atoms with Crippen molar-refractivity contribution in [3.05, 3.63) is 0 Å². The molecular formula is C13H24N2O3. The van der Waals surface area contributed by atoms with Crippen LogP contribution in [-0.4, -0.2) is 42.5 Å². The summed E-state index contributed by atoms with van der Waals surface area (Å²) < 4.78 is 5.21. The van der Waals surface area contributed by atoms with Crippen LogP contribution in [0, 0.1) is 5.92 Å². The van der Waals surface area contributed by atoms with Crippen LogP contribution in [0.25, 0.3) is 0 Å². The molecule has 18 heavy (non-hydrogen) atoms. The molecule has 0 aromatic rings. The van der Waals surface area contributed by atoms with Crippen LogP contribution < -0.4 is 10.6 Å². The Hall–Kier alpha value is -0.810. The van der Waals surface area contributed by atoms with Gasteiger partial charge in [0.25, 0.3) is 0 Å². The first-order chi connectivity index (χ1) is 8.59. The van der Waals surface area contributed by atoms with Gasteiger partial charge in [-0.2, -0.15) is 0 Å². The molecule has 2 aliphatic rings. The number of carbonyl (C=O) groups is 1. The molecule has 1 saturated carbocycles. The van der Waals surface area contributed by atoms with E-state index in [9.17, 15) is 9.90 Å². The topological polar surface area (TPSA) is 70.6 Å². The van der Waals surface area contributed by atoms with Gasteiger partial charge in [0.15, 0.2) is 0 Å². The van der Waals surface area contributed by atoms with Gasteiger partial charge in [0, 0.05) is 38.6 Å². The van der Waals surface area contributed by atoms with Crippen molar-refractivity contribution in [2.24, 2.45) is 5.92 Å². The number of rotatable bonds is 3. The largest absolute Gasteiger partial charge is 0.388 e. The van der Waals surface area contributed by atoms with Gasteiger partial charge in [0.05, 0.1) is 5.60 Å². The summed E-state index contributed by atoms with van der Waals surface area (Å²) in [6, 6.07) is 0.128. The standard InChI is InChI=1S/C13H24N2O3/c1-10-3-2-4-11(10)15-12(16)14-9-13(17)5-7-18-8-6-13/h10-11,17H,2-9H2,1H3,(H2,14,15,16). The Morgan fingerprint density at radius 3 is 2.72 bits per heavy atom. The summed E-state index contributed by atoms with van der Waals surface area (Å²) in [4.78, 5) is 11.8. The van der Waals surface area contributed by atoms with Gasteiger partial charge >= 0.3 is 6.03 Å². The highest BCUT2D eigenvalue weighted by Crippen LogP contribution is 2.24. The number of carbonyl (C=O) groups excluding carboxylic acids is 1. The van der Waals surface area contributed by atoms with Crippen LogP contribution in [0.15, 0.2) is 0 Å². The number of urea groups is 1. The molecule has 0 bridgehead atoms. The molecule has 1 aliphatic carbocycles. The predicted octanol–water partition coefficient (Wildman–Crippen LogP) is 1.02. The van der Waals surface area contributed by atoms with Crippen molar-refractivity contribution < 1.29 is 14.6 Å². The van der Waals surface area contributed by atoms with Gasteiger partial charge in [-0.05, 0) is 18.8 Å². The van der Waals surface area contributed by atoms with E-state index in [-0.39, 0.29) is 12.1 Å². The molecule has 0 aromatic carbocycles. The predicted molar refractivity (Wildman–Crippen MR) is 68.3 cm³/mol. The Balaban J connectivity index is 1.70. The lowest BCUT2D eigenvalue weighted by Crippen LogP contribution is -2.51. The van der Waals surface area contributed by atoms with Gasteiger partial charge in [-0.3, -0.25) is 0 Å². The smallest absolute Gasteiger partial charge is 0.315 e. The highest BCUT2D eigenvalue weighted by Gasteiger charge is 2.31. The average molecular weight is 256 g/mol. The first kappa shape index (κ1) is 13.6. The third-order valence-corrected chi connectivity index (χ3v) is 4.18. The summed E-state index contributed by atoms with van der Waals surface area (Å²) >= 11 is 0. The lowest BCUT2D eigenvalue weighted by molar-refractivity contribution is -0.0600. The maximum Gasteiger partial charge on any atom is 0.315 e. The fourth-order valence-electron chi connectivity index (χ4n) is 2.75. The van der Waals surface area contributed by atoms with E-state index in [1.807, 2.05) is 0 Å². The monoisotopic (exact) mass is 256 g/mol. The number of nitrogens with one attached hydrogen (secondary N) is 2. The lowest BCUT2D eigenvalue weighted by atomic mass is 9.94. The highest BCUT2D eigenvalue weighted by atomic mass is 16.5. The molecule has 5 heteroatoms. The van der Waals surface area contributed by atoms with E-state index in [2.05, 4.69) is 17.6 Å². The van der Waals surface area contributed by atoms with Crippen LogP contribution in [0.1, 0.15) is 39.0 Å². The number of hydrogen-bond donors (Lipinski definition) is 3. The highest BCUT2D eigenvalue weighted by molar-refractivity contribution is 5.74. The number of amides is 2. The van der Waals surface area contributed by atoms with Gasteiger partial charge in [-0.1, -0.05) is 13.3 Å². The van der Waals surface area contributed by atoms with Crippen LogP contribution in [0.5, 0.6) is 0 Å². The second kappa shape index (κ2) is 5.89. The van der Waals surface area contributed by atoms with Crippen molar-refractivity contribution in [1.82, 2.24) is 10.6 Å². The summed E-state index contributed by atoms with van der Waals surface area (Å²) in [5.41, 5.74) is -0.795. The molecular weight excluding hydrogens is 232 g/mol. The second-order valence-electron chi connectivity index (χ2n) is 5.68. The molecule has 0 spiro atoms. The summed E-state index contributed by atoms with van der Waals surface area (Å²) in [5, 5.41) is 16.0. The van der Waals surface area contributed by atoms with Gasteiger partial charge in [-0.15, -0.1) is 0 Å². The summed E-state index contributed by atoms with van der Waals surface area (Å²) in [6.07, 6.45) is 4.62.